The number of nitro groups is 1. The molecular formula is C19H24Cl2N2O5S2. The lowest BCUT2D eigenvalue weighted by Crippen LogP contribution is -2.33. The number of anilines is 1. The van der Waals surface area contributed by atoms with Crippen LogP contribution in [0.1, 0.15) is 29.9 Å². The topological polar surface area (TPSA) is 89.8 Å². The molecule has 2 aromatic rings. The van der Waals surface area contributed by atoms with Crippen LogP contribution in [0.15, 0.2) is 24.3 Å². The van der Waals surface area contributed by atoms with Crippen LogP contribution in [0, 0.1) is 24.0 Å². The molecule has 0 saturated heterocycles. The summed E-state index contributed by atoms with van der Waals surface area (Å²) in [4.78, 5) is 13.5. The molecule has 0 radical (unpaired) electrons. The zero-order valence-electron chi connectivity index (χ0n) is 17.1. The molecular weight excluding hydrogens is 471 g/mol. The van der Waals surface area contributed by atoms with Gasteiger partial charge < -0.3 is 9.08 Å². The summed E-state index contributed by atoms with van der Waals surface area (Å²) >= 11 is 12.7. The number of hydrogen-bond acceptors (Lipinski definition) is 7. The fraction of sp³-hybridized carbons (Fsp3) is 0.474. The molecule has 7 nitrogen and oxygen atoms in total. The second kappa shape index (κ2) is 9.72. The van der Waals surface area contributed by atoms with Crippen LogP contribution < -0.4 is 9.08 Å². The summed E-state index contributed by atoms with van der Waals surface area (Å²) in [6.07, 6.45) is 0. The van der Waals surface area contributed by atoms with E-state index < -0.39 is 19.8 Å². The van der Waals surface area contributed by atoms with Gasteiger partial charge in [-0.3, -0.25) is 10.1 Å². The second-order valence-electron chi connectivity index (χ2n) is 7.19. The Morgan fingerprint density at radius 1 is 1.17 bits per heavy atom. The van der Waals surface area contributed by atoms with E-state index in [-0.39, 0.29) is 16.3 Å². The first-order valence-corrected chi connectivity index (χ1v) is 12.4. The smallest absolute Gasteiger partial charge is 0.329 e. The van der Waals surface area contributed by atoms with E-state index >= 15 is 0 Å². The highest BCUT2D eigenvalue weighted by atomic mass is 35.5. The molecule has 11 heteroatoms. The highest BCUT2D eigenvalue weighted by molar-refractivity contribution is 7.88. The number of rotatable bonds is 10. The van der Waals surface area contributed by atoms with E-state index in [4.69, 9.17) is 27.4 Å². The van der Waals surface area contributed by atoms with Gasteiger partial charge in [0.2, 0.25) is 0 Å². The van der Waals surface area contributed by atoms with E-state index in [1.165, 1.54) is 19.9 Å². The van der Waals surface area contributed by atoms with Gasteiger partial charge >= 0.3 is 15.1 Å². The zero-order valence-corrected chi connectivity index (χ0v) is 20.3. The van der Waals surface area contributed by atoms with Crippen molar-refractivity contribution < 1.29 is 17.5 Å². The van der Waals surface area contributed by atoms with Crippen LogP contribution in [0.25, 0.3) is 0 Å². The first-order valence-electron chi connectivity index (χ1n) is 9.11. The molecule has 0 bridgehead atoms. The summed E-state index contributed by atoms with van der Waals surface area (Å²) < 4.78 is 29.9. The third kappa shape index (κ3) is 5.19. The molecule has 0 aliphatic rings. The Kier molecular flexibility index (Phi) is 8.01. The molecule has 0 fully saturated rings. The number of alkyl halides is 2. The minimum Gasteiger partial charge on any atom is -0.382 e. The van der Waals surface area contributed by atoms with Gasteiger partial charge in [0.15, 0.2) is 0 Å². The molecule has 0 aliphatic carbocycles. The predicted octanol–water partition coefficient (Wildman–Crippen LogP) is 5.20. The number of halogens is 2. The van der Waals surface area contributed by atoms with Crippen LogP contribution in [0.5, 0.6) is 5.75 Å². The molecule has 0 atom stereocenters. The van der Waals surface area contributed by atoms with Gasteiger partial charge in [-0.2, -0.15) is 8.42 Å². The minimum absolute atomic E-state index is 0.110. The molecule has 1 aromatic heterocycles. The molecule has 0 N–H and O–H groups in total. The summed E-state index contributed by atoms with van der Waals surface area (Å²) in [5, 5.41) is 11.2. The van der Waals surface area contributed by atoms with Gasteiger partial charge in [-0.1, -0.05) is 11.3 Å². The number of aryl methyl sites for hydroxylation is 2. The van der Waals surface area contributed by atoms with Crippen LogP contribution >= 0.6 is 34.5 Å². The summed E-state index contributed by atoms with van der Waals surface area (Å²) in [5.74, 6) is 0.988. The van der Waals surface area contributed by atoms with Crippen molar-refractivity contribution in [3.8, 4) is 5.75 Å². The van der Waals surface area contributed by atoms with E-state index in [9.17, 15) is 18.5 Å². The normalized spacial score (nSPS) is 12.1. The Balaban J connectivity index is 2.37. The van der Waals surface area contributed by atoms with Gasteiger partial charge in [-0.25, -0.2) is 0 Å². The average molecular weight is 495 g/mol. The van der Waals surface area contributed by atoms with Gasteiger partial charge in [-0.05, 0) is 57.5 Å². The molecule has 0 amide bonds. The molecule has 2 rings (SSSR count). The summed E-state index contributed by atoms with van der Waals surface area (Å²) in [6, 6.07) is 6.45. The van der Waals surface area contributed by atoms with Gasteiger partial charge in [0, 0.05) is 35.4 Å². The third-order valence-corrected chi connectivity index (χ3v) is 7.92. The molecule has 0 aliphatic heterocycles. The van der Waals surface area contributed by atoms with E-state index in [0.29, 0.717) is 29.7 Å². The first-order chi connectivity index (χ1) is 13.9. The molecule has 0 unspecified atom stereocenters. The van der Waals surface area contributed by atoms with Crippen molar-refractivity contribution >= 4 is 55.3 Å². The van der Waals surface area contributed by atoms with Crippen molar-refractivity contribution in [1.82, 2.24) is 0 Å². The number of benzene rings is 1. The molecule has 1 aromatic carbocycles. The van der Waals surface area contributed by atoms with E-state index in [1.807, 2.05) is 11.8 Å². The largest absolute Gasteiger partial charge is 0.382 e. The molecule has 1 heterocycles. The summed E-state index contributed by atoms with van der Waals surface area (Å²) in [5.41, 5.74) is 1.79. The summed E-state index contributed by atoms with van der Waals surface area (Å²) in [7, 11) is -4.23. The van der Waals surface area contributed by atoms with Crippen LogP contribution in [0.4, 0.5) is 10.7 Å². The maximum atomic E-state index is 13.1. The van der Waals surface area contributed by atoms with Gasteiger partial charge in [0.25, 0.3) is 0 Å². The van der Waals surface area contributed by atoms with Crippen LogP contribution in [0.3, 0.4) is 0 Å². The fourth-order valence-electron chi connectivity index (χ4n) is 3.03. The van der Waals surface area contributed by atoms with E-state index in [0.717, 1.165) is 22.6 Å². The highest BCUT2D eigenvalue weighted by Gasteiger charge is 2.44. The fourth-order valence-corrected chi connectivity index (χ4v) is 5.47. The van der Waals surface area contributed by atoms with E-state index in [1.54, 1.807) is 25.1 Å². The Morgan fingerprint density at radius 2 is 1.77 bits per heavy atom. The number of hydrogen-bond donors (Lipinski definition) is 0. The second-order valence-corrected chi connectivity index (χ2v) is 11.3. The van der Waals surface area contributed by atoms with Crippen LogP contribution in [-0.2, 0) is 14.9 Å². The molecule has 166 valence electrons. The lowest BCUT2D eigenvalue weighted by Gasteiger charge is -2.26. The zero-order chi connectivity index (χ0) is 22.7. The van der Waals surface area contributed by atoms with E-state index in [2.05, 4.69) is 0 Å². The van der Waals surface area contributed by atoms with Crippen molar-refractivity contribution in [2.75, 3.05) is 29.7 Å². The van der Waals surface area contributed by atoms with Crippen molar-refractivity contribution in [3.63, 3.8) is 0 Å². The lowest BCUT2D eigenvalue weighted by molar-refractivity contribution is -0.381. The van der Waals surface area contributed by atoms with Crippen LogP contribution in [-0.4, -0.2) is 38.2 Å². The Morgan fingerprint density at radius 3 is 2.27 bits per heavy atom. The van der Waals surface area contributed by atoms with Crippen LogP contribution in [0.2, 0.25) is 0 Å². The highest BCUT2D eigenvalue weighted by Crippen LogP contribution is 2.42. The maximum Gasteiger partial charge on any atom is 0.329 e. The SMILES string of the molecule is Cc1cc(C(C)(C)S(=O)(=O)Oc2ccc(N(CCCl)CCCl)c(C)c2)c([N+](=O)[O-])s1. The molecule has 0 saturated carbocycles. The van der Waals surface area contributed by atoms with Crippen molar-refractivity contribution in [2.24, 2.45) is 0 Å². The quantitative estimate of drug-likeness (QED) is 0.195. The van der Waals surface area contributed by atoms with Gasteiger partial charge in [0.1, 0.15) is 10.5 Å². The maximum absolute atomic E-state index is 13.1. The monoisotopic (exact) mass is 494 g/mol. The summed E-state index contributed by atoms with van der Waals surface area (Å²) in [6.45, 7) is 7.54. The Hall–Kier alpha value is -1.55. The van der Waals surface area contributed by atoms with Crippen molar-refractivity contribution in [2.45, 2.75) is 32.4 Å². The minimum atomic E-state index is -4.23. The van der Waals surface area contributed by atoms with Gasteiger partial charge in [0.05, 0.1) is 10.5 Å². The third-order valence-electron chi connectivity index (χ3n) is 4.70. The molecule has 30 heavy (non-hydrogen) atoms. The Bertz CT molecular complexity index is 1020. The average Bonchev–Trinajstić information content (AvgIpc) is 3.04. The number of thiophene rings is 1. The lowest BCUT2D eigenvalue weighted by atomic mass is 10.1. The predicted molar refractivity (Wildman–Crippen MR) is 123 cm³/mol. The first kappa shape index (κ1) is 24.7. The van der Waals surface area contributed by atoms with Gasteiger partial charge in [-0.15, -0.1) is 23.2 Å². The standard InChI is InChI=1S/C19H24Cl2N2O5S2/c1-13-11-15(5-6-17(13)22(9-7-20)10-8-21)28-30(26,27)19(3,4)16-12-14(2)29-18(16)23(24)25/h5-6,11-12H,7-10H2,1-4H3. The Labute approximate surface area is 190 Å². The number of nitrogens with zero attached hydrogens (tertiary/aromatic N) is 2. The van der Waals surface area contributed by atoms with Crippen molar-refractivity contribution in [3.05, 3.63) is 50.4 Å². The van der Waals surface area contributed by atoms with Crippen molar-refractivity contribution in [1.29, 1.82) is 0 Å². The molecule has 0 spiro atoms.